The first-order valence-corrected chi connectivity index (χ1v) is 9.37. The van der Waals surface area contributed by atoms with Gasteiger partial charge in [0.15, 0.2) is 6.29 Å². The van der Waals surface area contributed by atoms with E-state index in [0.29, 0.717) is 13.0 Å². The molecule has 2 amide bonds. The van der Waals surface area contributed by atoms with Crippen LogP contribution in [0.1, 0.15) is 26.2 Å². The van der Waals surface area contributed by atoms with Crippen LogP contribution < -0.4 is 10.6 Å². The number of hydrogen-bond acceptors (Lipinski definition) is 9. The molecule has 1 rings (SSSR count). The van der Waals surface area contributed by atoms with Crippen molar-refractivity contribution < 1.29 is 44.2 Å². The van der Waals surface area contributed by atoms with Gasteiger partial charge in [-0.15, -0.1) is 0 Å². The van der Waals surface area contributed by atoms with E-state index in [1.54, 1.807) is 0 Å². The highest BCUT2D eigenvalue weighted by molar-refractivity contribution is 5.77. The van der Waals surface area contributed by atoms with E-state index in [0.717, 1.165) is 12.8 Å². The van der Waals surface area contributed by atoms with Gasteiger partial charge in [0.1, 0.15) is 31.0 Å². The Morgan fingerprint density at radius 3 is 2.46 bits per heavy atom. The number of aliphatic hydroxyl groups is 4. The molecule has 1 fully saturated rings. The standard InChI is InChI=1S/C17H32N2O9/c1-11(22)19-14-16(25)15(24)12(9-21)28-17(14)27-7-4-2-3-5-18-13(23)10-26-8-6-20/h12,14-17,20-21,24-25H,2-10H2,1H3,(H,18,23)(H,19,22)/t12?,14?,15-,16?,17-/m1/s1. The quantitative estimate of drug-likeness (QED) is 0.177. The van der Waals surface area contributed by atoms with Crippen molar-refractivity contribution in [3.8, 4) is 0 Å². The maximum absolute atomic E-state index is 11.4. The van der Waals surface area contributed by atoms with Gasteiger partial charge in [0.25, 0.3) is 0 Å². The Kier molecular flexibility index (Phi) is 12.1. The third-order valence-electron chi connectivity index (χ3n) is 4.14. The van der Waals surface area contributed by atoms with Crippen LogP contribution in [0.3, 0.4) is 0 Å². The fraction of sp³-hybridized carbons (Fsp3) is 0.882. The lowest BCUT2D eigenvalue weighted by atomic mass is 9.97. The second kappa shape index (κ2) is 13.8. The number of rotatable bonds is 13. The molecule has 11 heteroatoms. The number of amides is 2. The van der Waals surface area contributed by atoms with Gasteiger partial charge in [0.05, 0.1) is 19.8 Å². The first-order valence-electron chi connectivity index (χ1n) is 9.37. The Morgan fingerprint density at radius 1 is 1.07 bits per heavy atom. The molecule has 0 saturated carbocycles. The average Bonchev–Trinajstić information content (AvgIpc) is 2.66. The Balaban J connectivity index is 2.27. The molecule has 1 aliphatic rings. The summed E-state index contributed by atoms with van der Waals surface area (Å²) in [7, 11) is 0. The van der Waals surface area contributed by atoms with E-state index in [-0.39, 0.29) is 32.3 Å². The summed E-state index contributed by atoms with van der Waals surface area (Å²) in [6.45, 7) is 1.44. The number of ether oxygens (including phenoxy) is 3. The lowest BCUT2D eigenvalue weighted by Crippen LogP contribution is -2.64. The minimum atomic E-state index is -1.34. The van der Waals surface area contributed by atoms with Gasteiger partial charge in [0, 0.05) is 20.1 Å². The Labute approximate surface area is 164 Å². The fourth-order valence-electron chi connectivity index (χ4n) is 2.72. The Hall–Kier alpha value is -1.34. The molecule has 6 N–H and O–H groups in total. The molecular weight excluding hydrogens is 376 g/mol. The highest BCUT2D eigenvalue weighted by atomic mass is 16.7. The van der Waals surface area contributed by atoms with E-state index in [1.807, 2.05) is 0 Å². The largest absolute Gasteiger partial charge is 0.394 e. The number of unbranched alkanes of at least 4 members (excludes halogenated alkanes) is 2. The highest BCUT2D eigenvalue weighted by Crippen LogP contribution is 2.22. The van der Waals surface area contributed by atoms with Crippen molar-refractivity contribution >= 4 is 11.8 Å². The van der Waals surface area contributed by atoms with Gasteiger partial charge in [-0.05, 0) is 19.3 Å². The number of hydrogen-bond donors (Lipinski definition) is 6. The maximum Gasteiger partial charge on any atom is 0.245 e. The van der Waals surface area contributed by atoms with Crippen molar-refractivity contribution in [1.82, 2.24) is 10.6 Å². The molecule has 11 nitrogen and oxygen atoms in total. The zero-order chi connectivity index (χ0) is 20.9. The lowest BCUT2D eigenvalue weighted by Gasteiger charge is -2.42. The van der Waals surface area contributed by atoms with Crippen LogP contribution >= 0.6 is 0 Å². The van der Waals surface area contributed by atoms with Crippen LogP contribution in [0.5, 0.6) is 0 Å². The molecule has 0 aromatic carbocycles. The van der Waals surface area contributed by atoms with Crippen molar-refractivity contribution in [3.63, 3.8) is 0 Å². The minimum absolute atomic E-state index is 0.0899. The predicted octanol–water partition coefficient (Wildman–Crippen LogP) is -2.76. The van der Waals surface area contributed by atoms with Crippen molar-refractivity contribution in [2.45, 2.75) is 56.8 Å². The SMILES string of the molecule is CC(=O)NC1C(O)[C@H](O)C(CO)O[C@H]1OCCCCCNC(=O)COCCO. The Morgan fingerprint density at radius 2 is 1.82 bits per heavy atom. The van der Waals surface area contributed by atoms with Crippen LogP contribution in [0, 0.1) is 0 Å². The summed E-state index contributed by atoms with van der Waals surface area (Å²) < 4.78 is 15.9. The van der Waals surface area contributed by atoms with Gasteiger partial charge in [0.2, 0.25) is 11.8 Å². The van der Waals surface area contributed by atoms with Gasteiger partial charge in [-0.1, -0.05) is 0 Å². The fourth-order valence-corrected chi connectivity index (χ4v) is 2.72. The summed E-state index contributed by atoms with van der Waals surface area (Å²) in [5.41, 5.74) is 0. The molecule has 28 heavy (non-hydrogen) atoms. The zero-order valence-electron chi connectivity index (χ0n) is 16.1. The molecule has 0 aromatic rings. The highest BCUT2D eigenvalue weighted by Gasteiger charge is 2.45. The number of aliphatic hydroxyl groups excluding tert-OH is 4. The molecule has 0 spiro atoms. The first kappa shape index (κ1) is 24.7. The normalized spacial score (nSPS) is 27.4. The maximum atomic E-state index is 11.4. The lowest BCUT2D eigenvalue weighted by molar-refractivity contribution is -0.270. The van der Waals surface area contributed by atoms with Gasteiger partial charge in [-0.25, -0.2) is 0 Å². The zero-order valence-corrected chi connectivity index (χ0v) is 16.1. The van der Waals surface area contributed by atoms with E-state index in [1.165, 1.54) is 6.92 Å². The smallest absolute Gasteiger partial charge is 0.245 e. The molecule has 164 valence electrons. The molecule has 5 atom stereocenters. The number of carbonyl (C=O) groups excluding carboxylic acids is 2. The summed E-state index contributed by atoms with van der Waals surface area (Å²) >= 11 is 0. The molecule has 1 aliphatic heterocycles. The van der Waals surface area contributed by atoms with Crippen molar-refractivity contribution in [2.75, 3.05) is 39.6 Å². The molecule has 1 heterocycles. The van der Waals surface area contributed by atoms with Crippen molar-refractivity contribution in [3.05, 3.63) is 0 Å². The summed E-state index contributed by atoms with van der Waals surface area (Å²) in [5, 5.41) is 43.1. The average molecular weight is 408 g/mol. The molecule has 0 aromatic heterocycles. The molecule has 0 bridgehead atoms. The topological polar surface area (TPSA) is 167 Å². The third kappa shape index (κ3) is 8.78. The molecule has 0 aliphatic carbocycles. The second-order valence-corrected chi connectivity index (χ2v) is 6.49. The minimum Gasteiger partial charge on any atom is -0.394 e. The summed E-state index contributed by atoms with van der Waals surface area (Å²) in [6, 6.07) is -0.950. The van der Waals surface area contributed by atoms with Gasteiger partial charge >= 0.3 is 0 Å². The Bertz CT molecular complexity index is 466. The van der Waals surface area contributed by atoms with Crippen molar-refractivity contribution in [1.29, 1.82) is 0 Å². The van der Waals surface area contributed by atoms with E-state index in [2.05, 4.69) is 10.6 Å². The second-order valence-electron chi connectivity index (χ2n) is 6.49. The number of nitrogens with one attached hydrogen (secondary N) is 2. The van der Waals surface area contributed by atoms with Crippen LogP contribution in [0.15, 0.2) is 0 Å². The first-order chi connectivity index (χ1) is 13.4. The van der Waals surface area contributed by atoms with E-state index in [4.69, 9.17) is 19.3 Å². The van der Waals surface area contributed by atoms with Crippen LogP contribution in [-0.4, -0.2) is 102 Å². The van der Waals surface area contributed by atoms with Crippen molar-refractivity contribution in [2.24, 2.45) is 0 Å². The van der Waals surface area contributed by atoms with Gasteiger partial charge < -0.3 is 45.3 Å². The monoisotopic (exact) mass is 408 g/mol. The van der Waals surface area contributed by atoms with Crippen LogP contribution in [0.25, 0.3) is 0 Å². The van der Waals surface area contributed by atoms with E-state index >= 15 is 0 Å². The predicted molar refractivity (Wildman–Crippen MR) is 96.1 cm³/mol. The summed E-state index contributed by atoms with van der Waals surface area (Å²) in [4.78, 5) is 22.7. The summed E-state index contributed by atoms with van der Waals surface area (Å²) in [6.07, 6.45) is -2.56. The summed E-state index contributed by atoms with van der Waals surface area (Å²) in [5.74, 6) is -0.657. The van der Waals surface area contributed by atoms with Gasteiger partial charge in [-0.2, -0.15) is 0 Å². The van der Waals surface area contributed by atoms with Crippen LogP contribution in [0.4, 0.5) is 0 Å². The number of carbonyl (C=O) groups is 2. The van der Waals surface area contributed by atoms with Gasteiger partial charge in [-0.3, -0.25) is 9.59 Å². The molecule has 3 unspecified atom stereocenters. The molecule has 0 radical (unpaired) electrons. The molecule has 1 saturated heterocycles. The van der Waals surface area contributed by atoms with E-state index < -0.39 is 43.2 Å². The molecular formula is C17H32N2O9. The third-order valence-corrected chi connectivity index (χ3v) is 4.14. The van der Waals surface area contributed by atoms with E-state index in [9.17, 15) is 24.9 Å². The van der Waals surface area contributed by atoms with Crippen LogP contribution in [-0.2, 0) is 23.8 Å². The van der Waals surface area contributed by atoms with Crippen LogP contribution in [0.2, 0.25) is 0 Å².